The lowest BCUT2D eigenvalue weighted by Crippen LogP contribution is -2.22. The standard InChI is InChI=1S/C8H10BrNO2/c1-6-7(9)2-3-8(12)10(6)4-5-11/h2-3,11H,4-5H2,1H3. The Bertz CT molecular complexity index is 332. The van der Waals surface area contributed by atoms with Gasteiger partial charge in [0.15, 0.2) is 0 Å². The molecular formula is C8H10BrNO2. The quantitative estimate of drug-likeness (QED) is 0.823. The number of hydrogen-bond donors (Lipinski definition) is 1. The van der Waals surface area contributed by atoms with Crippen molar-refractivity contribution in [3.63, 3.8) is 0 Å². The topological polar surface area (TPSA) is 42.2 Å². The fraction of sp³-hybridized carbons (Fsp3) is 0.375. The zero-order chi connectivity index (χ0) is 9.14. The molecule has 12 heavy (non-hydrogen) atoms. The maximum atomic E-state index is 11.2. The van der Waals surface area contributed by atoms with Gasteiger partial charge in [0.25, 0.3) is 5.56 Å². The highest BCUT2D eigenvalue weighted by Gasteiger charge is 2.01. The van der Waals surface area contributed by atoms with Gasteiger partial charge in [-0.2, -0.15) is 0 Å². The SMILES string of the molecule is Cc1c(Br)ccc(=O)n1CCO. The Morgan fingerprint density at radius 3 is 2.83 bits per heavy atom. The molecule has 0 atom stereocenters. The van der Waals surface area contributed by atoms with Gasteiger partial charge in [-0.1, -0.05) is 0 Å². The predicted octanol–water partition coefficient (Wildman–Crippen LogP) is 0.912. The molecular weight excluding hydrogens is 222 g/mol. The van der Waals surface area contributed by atoms with E-state index in [-0.39, 0.29) is 12.2 Å². The number of halogens is 1. The van der Waals surface area contributed by atoms with E-state index in [2.05, 4.69) is 15.9 Å². The summed E-state index contributed by atoms with van der Waals surface area (Å²) < 4.78 is 2.42. The molecule has 66 valence electrons. The van der Waals surface area contributed by atoms with Crippen molar-refractivity contribution in [3.05, 3.63) is 32.7 Å². The molecule has 1 rings (SSSR count). The van der Waals surface area contributed by atoms with E-state index in [1.165, 1.54) is 10.6 Å². The first-order valence-corrected chi connectivity index (χ1v) is 4.43. The molecule has 0 saturated heterocycles. The van der Waals surface area contributed by atoms with Crippen LogP contribution in [0.2, 0.25) is 0 Å². The van der Waals surface area contributed by atoms with Gasteiger partial charge in [0.1, 0.15) is 0 Å². The Kier molecular flexibility index (Phi) is 3.05. The molecule has 1 aromatic rings. The van der Waals surface area contributed by atoms with E-state index < -0.39 is 0 Å². The second-order valence-corrected chi connectivity index (χ2v) is 3.33. The molecule has 0 aliphatic heterocycles. The van der Waals surface area contributed by atoms with E-state index in [0.717, 1.165) is 10.2 Å². The van der Waals surface area contributed by atoms with E-state index >= 15 is 0 Å². The second kappa shape index (κ2) is 3.87. The number of aromatic nitrogens is 1. The van der Waals surface area contributed by atoms with Crippen molar-refractivity contribution < 1.29 is 5.11 Å². The summed E-state index contributed by atoms with van der Waals surface area (Å²) in [6, 6.07) is 3.19. The molecule has 0 radical (unpaired) electrons. The molecule has 0 bridgehead atoms. The van der Waals surface area contributed by atoms with Crippen molar-refractivity contribution in [1.29, 1.82) is 0 Å². The summed E-state index contributed by atoms with van der Waals surface area (Å²) in [5, 5.41) is 8.68. The third kappa shape index (κ3) is 1.76. The minimum absolute atomic E-state index is 0.0167. The average Bonchev–Trinajstić information content (AvgIpc) is 2.06. The van der Waals surface area contributed by atoms with Gasteiger partial charge in [0.2, 0.25) is 0 Å². The fourth-order valence-electron chi connectivity index (χ4n) is 1.03. The van der Waals surface area contributed by atoms with Gasteiger partial charge >= 0.3 is 0 Å². The third-order valence-corrected chi connectivity index (χ3v) is 2.55. The first kappa shape index (κ1) is 9.48. The lowest BCUT2D eigenvalue weighted by molar-refractivity contribution is 0.273. The molecule has 4 heteroatoms. The molecule has 3 nitrogen and oxygen atoms in total. The molecule has 1 heterocycles. The molecule has 0 aliphatic rings. The summed E-state index contributed by atoms with van der Waals surface area (Å²) in [6.45, 7) is 2.17. The number of pyridine rings is 1. The van der Waals surface area contributed by atoms with Crippen LogP contribution < -0.4 is 5.56 Å². The number of hydrogen-bond acceptors (Lipinski definition) is 2. The summed E-state index contributed by atoms with van der Waals surface area (Å²) in [5.41, 5.74) is 0.765. The molecule has 1 aromatic heterocycles. The average molecular weight is 232 g/mol. The Morgan fingerprint density at radius 2 is 2.25 bits per heavy atom. The van der Waals surface area contributed by atoms with Crippen LogP contribution >= 0.6 is 15.9 Å². The fourth-order valence-corrected chi connectivity index (χ4v) is 1.37. The van der Waals surface area contributed by atoms with Gasteiger partial charge in [-0.15, -0.1) is 0 Å². The van der Waals surface area contributed by atoms with Crippen molar-refractivity contribution in [2.45, 2.75) is 13.5 Å². The Morgan fingerprint density at radius 1 is 1.58 bits per heavy atom. The van der Waals surface area contributed by atoms with E-state index in [4.69, 9.17) is 5.11 Å². The van der Waals surface area contributed by atoms with Gasteiger partial charge in [0, 0.05) is 22.8 Å². The molecule has 0 unspecified atom stereocenters. The molecule has 0 fully saturated rings. The summed E-state index contributed by atoms with van der Waals surface area (Å²) in [7, 11) is 0. The second-order valence-electron chi connectivity index (χ2n) is 2.48. The van der Waals surface area contributed by atoms with Crippen molar-refractivity contribution in [2.24, 2.45) is 0 Å². The number of aliphatic hydroxyl groups is 1. The number of rotatable bonds is 2. The summed E-state index contributed by atoms with van der Waals surface area (Å²) in [6.07, 6.45) is 0. The highest BCUT2D eigenvalue weighted by molar-refractivity contribution is 9.10. The first-order valence-electron chi connectivity index (χ1n) is 3.63. The van der Waals surface area contributed by atoms with E-state index in [9.17, 15) is 4.79 Å². The lowest BCUT2D eigenvalue weighted by atomic mass is 10.3. The normalized spacial score (nSPS) is 10.2. The van der Waals surface area contributed by atoms with E-state index in [0.29, 0.717) is 6.54 Å². The molecule has 0 spiro atoms. The van der Waals surface area contributed by atoms with Crippen LogP contribution in [0.15, 0.2) is 21.4 Å². The summed E-state index contributed by atoms with van der Waals surface area (Å²) in [4.78, 5) is 11.2. The predicted molar refractivity (Wildman–Crippen MR) is 50.2 cm³/mol. The summed E-state index contributed by atoms with van der Waals surface area (Å²) >= 11 is 3.31. The Balaban J connectivity index is 3.23. The van der Waals surface area contributed by atoms with Crippen molar-refractivity contribution in [2.75, 3.05) is 6.61 Å². The zero-order valence-corrected chi connectivity index (χ0v) is 8.34. The van der Waals surface area contributed by atoms with Gasteiger partial charge in [0.05, 0.1) is 6.61 Å². The maximum Gasteiger partial charge on any atom is 0.250 e. The Hall–Kier alpha value is -0.610. The first-order chi connectivity index (χ1) is 5.66. The Labute approximate surface area is 78.8 Å². The summed E-state index contributed by atoms with van der Waals surface area (Å²) in [5.74, 6) is 0. The molecule has 0 aromatic carbocycles. The van der Waals surface area contributed by atoms with Gasteiger partial charge in [-0.05, 0) is 28.9 Å². The van der Waals surface area contributed by atoms with Gasteiger partial charge < -0.3 is 9.67 Å². The smallest absolute Gasteiger partial charge is 0.250 e. The minimum Gasteiger partial charge on any atom is -0.395 e. The van der Waals surface area contributed by atoms with Crippen LogP contribution in [-0.4, -0.2) is 16.3 Å². The number of aliphatic hydroxyl groups excluding tert-OH is 1. The van der Waals surface area contributed by atoms with Crippen LogP contribution in [0.25, 0.3) is 0 Å². The zero-order valence-electron chi connectivity index (χ0n) is 6.75. The largest absolute Gasteiger partial charge is 0.395 e. The number of nitrogens with zero attached hydrogens (tertiary/aromatic N) is 1. The lowest BCUT2D eigenvalue weighted by Gasteiger charge is -2.08. The van der Waals surface area contributed by atoms with Crippen LogP contribution in [0.3, 0.4) is 0 Å². The molecule has 1 N–H and O–H groups in total. The maximum absolute atomic E-state index is 11.2. The van der Waals surface area contributed by atoms with E-state index in [1.54, 1.807) is 6.07 Å². The van der Waals surface area contributed by atoms with Crippen LogP contribution in [0.5, 0.6) is 0 Å². The van der Waals surface area contributed by atoms with Gasteiger partial charge in [-0.3, -0.25) is 4.79 Å². The monoisotopic (exact) mass is 231 g/mol. The molecule has 0 aliphatic carbocycles. The minimum atomic E-state index is -0.0789. The molecule has 0 amide bonds. The van der Waals surface area contributed by atoms with Crippen LogP contribution in [0.4, 0.5) is 0 Å². The van der Waals surface area contributed by atoms with Crippen LogP contribution in [-0.2, 0) is 6.54 Å². The van der Waals surface area contributed by atoms with Crippen molar-refractivity contribution in [3.8, 4) is 0 Å². The van der Waals surface area contributed by atoms with Crippen molar-refractivity contribution >= 4 is 15.9 Å². The van der Waals surface area contributed by atoms with Crippen LogP contribution in [0.1, 0.15) is 5.69 Å². The van der Waals surface area contributed by atoms with Crippen molar-refractivity contribution in [1.82, 2.24) is 4.57 Å². The van der Waals surface area contributed by atoms with Crippen LogP contribution in [0, 0.1) is 6.92 Å². The highest BCUT2D eigenvalue weighted by Crippen LogP contribution is 2.12. The van der Waals surface area contributed by atoms with E-state index in [1.807, 2.05) is 6.92 Å². The highest BCUT2D eigenvalue weighted by atomic mass is 79.9. The van der Waals surface area contributed by atoms with Gasteiger partial charge in [-0.25, -0.2) is 0 Å². The third-order valence-electron chi connectivity index (χ3n) is 1.71. The molecule has 0 saturated carbocycles.